The van der Waals surface area contributed by atoms with Crippen LogP contribution in [0.3, 0.4) is 0 Å². The maximum Gasteiger partial charge on any atom is 0.292 e. The number of halogens is 1. The molecule has 5 aromatic rings. The largest absolute Gasteiger partial charge is 1.00 e. The zero-order valence-electron chi connectivity index (χ0n) is 15.0. The highest BCUT2D eigenvalue weighted by atomic mass is 127. The third-order valence-corrected chi connectivity index (χ3v) is 4.94. The quantitative estimate of drug-likeness (QED) is 0.242. The van der Waals surface area contributed by atoms with Crippen molar-refractivity contribution >= 4 is 38.7 Å². The van der Waals surface area contributed by atoms with E-state index >= 15 is 0 Å². The van der Waals surface area contributed by atoms with Crippen LogP contribution in [-0.2, 0) is 4.74 Å². The summed E-state index contributed by atoms with van der Waals surface area (Å²) in [5.41, 5.74) is 5.90. The van der Waals surface area contributed by atoms with E-state index in [1.54, 1.807) is 7.11 Å². The Bertz CT molecular complexity index is 1260. The fourth-order valence-electron chi connectivity index (χ4n) is 3.71. The molecule has 3 aromatic heterocycles. The lowest BCUT2D eigenvalue weighted by molar-refractivity contribution is -0.479. The van der Waals surface area contributed by atoms with Gasteiger partial charge in [-0.3, -0.25) is 0 Å². The summed E-state index contributed by atoms with van der Waals surface area (Å²) >= 11 is 0. The van der Waals surface area contributed by atoms with Gasteiger partial charge in [0.1, 0.15) is 17.2 Å². The smallest absolute Gasteiger partial charge is 0.292 e. The lowest BCUT2D eigenvalue weighted by Crippen LogP contribution is -3.00. The Morgan fingerprint density at radius 2 is 1.81 bits per heavy atom. The van der Waals surface area contributed by atoms with E-state index in [-0.39, 0.29) is 24.0 Å². The number of hydrogen-bond donors (Lipinski definition) is 1. The molecule has 136 valence electrons. The van der Waals surface area contributed by atoms with Crippen LogP contribution in [0, 0.1) is 0 Å². The van der Waals surface area contributed by atoms with E-state index in [4.69, 9.17) is 4.74 Å². The van der Waals surface area contributed by atoms with Gasteiger partial charge in [0.25, 0.3) is 5.65 Å². The molecule has 1 N–H and O–H groups in total. The number of rotatable bonds is 4. The van der Waals surface area contributed by atoms with E-state index in [2.05, 4.69) is 87.0 Å². The number of para-hydroxylation sites is 1. The summed E-state index contributed by atoms with van der Waals surface area (Å²) in [7, 11) is 1.72. The molecule has 5 rings (SSSR count). The third-order valence-electron chi connectivity index (χ3n) is 4.94. The zero-order chi connectivity index (χ0) is 17.5. The van der Waals surface area contributed by atoms with Crippen LogP contribution >= 0.6 is 0 Å². The fourth-order valence-corrected chi connectivity index (χ4v) is 3.71. The third kappa shape index (κ3) is 3.00. The Morgan fingerprint density at radius 3 is 2.70 bits per heavy atom. The average Bonchev–Trinajstić information content (AvgIpc) is 3.07. The maximum absolute atomic E-state index is 5.11. The van der Waals surface area contributed by atoms with Crippen molar-refractivity contribution in [2.45, 2.75) is 0 Å². The number of anilines is 1. The molecule has 0 bridgehead atoms. The Balaban J connectivity index is 0.00000180. The van der Waals surface area contributed by atoms with Crippen molar-refractivity contribution in [2.75, 3.05) is 25.6 Å². The Hall–Kier alpha value is -2.38. The molecule has 0 amide bonds. The summed E-state index contributed by atoms with van der Waals surface area (Å²) in [6.07, 6.45) is 2.21. The van der Waals surface area contributed by atoms with Gasteiger partial charge in [-0.05, 0) is 42.5 Å². The minimum Gasteiger partial charge on any atom is -1.00 e. The molecule has 0 saturated heterocycles. The van der Waals surface area contributed by atoms with Gasteiger partial charge in [0.05, 0.1) is 6.61 Å². The second kappa shape index (κ2) is 7.32. The van der Waals surface area contributed by atoms with E-state index in [9.17, 15) is 0 Å². The van der Waals surface area contributed by atoms with E-state index in [0.717, 1.165) is 12.2 Å². The monoisotopic (exact) mass is 469 g/mol. The number of nitrogens with one attached hydrogen (secondary N) is 1. The average molecular weight is 469 g/mol. The molecular formula is C22H20IN3O. The van der Waals surface area contributed by atoms with E-state index in [0.29, 0.717) is 6.61 Å². The first-order chi connectivity index (χ1) is 12.8. The predicted octanol–water partition coefficient (Wildman–Crippen LogP) is 1.05. The highest BCUT2D eigenvalue weighted by molar-refractivity contribution is 5.88. The highest BCUT2D eigenvalue weighted by Crippen LogP contribution is 2.23. The number of nitrogens with zero attached hydrogens (tertiary/aromatic N) is 2. The topological polar surface area (TPSA) is 29.8 Å². The second-order valence-electron chi connectivity index (χ2n) is 6.54. The molecule has 0 aliphatic rings. The van der Waals surface area contributed by atoms with Gasteiger partial charge in [-0.25, -0.2) is 0 Å². The van der Waals surface area contributed by atoms with Crippen molar-refractivity contribution < 1.29 is 33.1 Å². The van der Waals surface area contributed by atoms with Crippen LogP contribution in [0.5, 0.6) is 0 Å². The van der Waals surface area contributed by atoms with Crippen LogP contribution in [0.25, 0.3) is 33.0 Å². The predicted molar refractivity (Wildman–Crippen MR) is 106 cm³/mol. The molecule has 2 aromatic carbocycles. The molecule has 0 spiro atoms. The SMILES string of the molecule is COCCNc1ccc2c(ccc3c[n+]4c5ccccc5ccc4n32)c1.[I-]. The minimum atomic E-state index is 0. The van der Waals surface area contributed by atoms with Crippen LogP contribution in [0.1, 0.15) is 0 Å². The fraction of sp³-hybridized carbons (Fsp3) is 0.136. The summed E-state index contributed by atoms with van der Waals surface area (Å²) in [4.78, 5) is 0. The number of hydrogen-bond acceptors (Lipinski definition) is 2. The van der Waals surface area contributed by atoms with E-state index in [1.165, 1.54) is 33.0 Å². The molecule has 0 aliphatic heterocycles. The molecule has 4 nitrogen and oxygen atoms in total. The van der Waals surface area contributed by atoms with E-state index in [1.807, 2.05) is 0 Å². The first-order valence-electron chi connectivity index (χ1n) is 8.85. The molecule has 27 heavy (non-hydrogen) atoms. The number of imidazole rings is 1. The first-order valence-corrected chi connectivity index (χ1v) is 8.85. The van der Waals surface area contributed by atoms with Crippen LogP contribution < -0.4 is 33.7 Å². The van der Waals surface area contributed by atoms with Crippen molar-refractivity contribution in [3.8, 4) is 0 Å². The van der Waals surface area contributed by atoms with Gasteiger partial charge in [-0.15, -0.1) is 0 Å². The Morgan fingerprint density at radius 1 is 0.963 bits per heavy atom. The first kappa shape index (κ1) is 18.0. The highest BCUT2D eigenvalue weighted by Gasteiger charge is 2.16. The Labute approximate surface area is 174 Å². The van der Waals surface area contributed by atoms with Gasteiger partial charge in [-0.2, -0.15) is 8.80 Å². The molecule has 0 fully saturated rings. The lowest BCUT2D eigenvalue weighted by atomic mass is 10.2. The molecule has 0 unspecified atom stereocenters. The number of aromatic nitrogens is 2. The summed E-state index contributed by atoms with van der Waals surface area (Å²) in [5.74, 6) is 0. The summed E-state index contributed by atoms with van der Waals surface area (Å²) in [5, 5.41) is 5.86. The summed E-state index contributed by atoms with van der Waals surface area (Å²) in [6.45, 7) is 1.50. The number of pyridine rings is 2. The minimum absolute atomic E-state index is 0. The van der Waals surface area contributed by atoms with E-state index < -0.39 is 0 Å². The van der Waals surface area contributed by atoms with Gasteiger partial charge in [0, 0.05) is 36.2 Å². The number of benzene rings is 2. The number of ether oxygens (including phenoxy) is 1. The molecule has 5 heteroatoms. The van der Waals surface area contributed by atoms with Crippen LogP contribution in [0.15, 0.2) is 72.9 Å². The molecular weight excluding hydrogens is 449 g/mol. The van der Waals surface area contributed by atoms with Crippen LogP contribution in [0.4, 0.5) is 5.69 Å². The van der Waals surface area contributed by atoms with Gasteiger partial charge in [-0.1, -0.05) is 18.2 Å². The lowest BCUT2D eigenvalue weighted by Gasteiger charge is -2.06. The van der Waals surface area contributed by atoms with Crippen molar-refractivity contribution in [3.63, 3.8) is 0 Å². The van der Waals surface area contributed by atoms with Gasteiger partial charge < -0.3 is 34.0 Å². The molecule has 0 aliphatic carbocycles. The second-order valence-corrected chi connectivity index (χ2v) is 6.54. The van der Waals surface area contributed by atoms with Crippen LogP contribution in [0.2, 0.25) is 0 Å². The molecule has 0 atom stereocenters. The van der Waals surface area contributed by atoms with Gasteiger partial charge >= 0.3 is 0 Å². The Kier molecular flexibility index (Phi) is 4.88. The molecule has 3 heterocycles. The van der Waals surface area contributed by atoms with Crippen molar-refractivity contribution in [1.82, 2.24) is 4.40 Å². The van der Waals surface area contributed by atoms with Gasteiger partial charge in [0.2, 0.25) is 0 Å². The zero-order valence-corrected chi connectivity index (χ0v) is 17.2. The number of fused-ring (bicyclic) bond motifs is 7. The normalized spacial score (nSPS) is 11.3. The summed E-state index contributed by atoms with van der Waals surface area (Å²) in [6, 6.07) is 23.8. The van der Waals surface area contributed by atoms with Gasteiger partial charge in [0.15, 0.2) is 5.52 Å². The van der Waals surface area contributed by atoms with Crippen molar-refractivity contribution in [1.29, 1.82) is 0 Å². The molecule has 0 saturated carbocycles. The van der Waals surface area contributed by atoms with Crippen LogP contribution in [-0.4, -0.2) is 24.7 Å². The van der Waals surface area contributed by atoms with Crippen molar-refractivity contribution in [3.05, 3.63) is 72.9 Å². The standard InChI is InChI=1S/C22H20N3O.HI/c1-26-13-12-23-18-8-10-21-17(14-18)6-9-19-15-24-20-5-3-2-4-16(20)7-11-22(24)25(19)21;/h2-11,14-15,23H,12-13H2,1H3;1H/q+1;/p-1. The van der Waals surface area contributed by atoms with Crippen molar-refractivity contribution in [2.24, 2.45) is 0 Å². The molecule has 0 radical (unpaired) electrons. The summed E-state index contributed by atoms with van der Waals surface area (Å²) < 4.78 is 9.71. The number of methoxy groups -OCH3 is 1. The maximum atomic E-state index is 5.11.